The van der Waals surface area contributed by atoms with Gasteiger partial charge in [-0.2, -0.15) is 20.3 Å². The molecule has 13 N–H and O–H groups in total. The van der Waals surface area contributed by atoms with Crippen LogP contribution >= 0.6 is 68.6 Å². The number of ether oxygens (including phenoxy) is 4. The van der Waals surface area contributed by atoms with E-state index in [-0.39, 0.29) is 119 Å². The smallest absolute Gasteiger partial charge is 0.406 e. The molecule has 15 rings (SSSR count). The molecule has 4 aliphatic heterocycles. The fourth-order valence-electron chi connectivity index (χ4n) is 12.8. The summed E-state index contributed by atoms with van der Waals surface area (Å²) in [5.41, 5.74) is 14.6. The molecule has 4 saturated heterocycles. The van der Waals surface area contributed by atoms with Crippen LogP contribution in [0.1, 0.15) is 75.5 Å². The van der Waals surface area contributed by atoms with Crippen LogP contribution in [0.3, 0.4) is 0 Å². The number of benzene rings is 4. The number of halogens is 14. The van der Waals surface area contributed by atoms with Gasteiger partial charge in [-0.05, 0) is 176 Å². The van der Waals surface area contributed by atoms with E-state index in [4.69, 9.17) is 37.4 Å². The molecule has 4 fully saturated rings. The van der Waals surface area contributed by atoms with Crippen LogP contribution < -0.4 is 88.3 Å². The van der Waals surface area contributed by atoms with Gasteiger partial charge in [0.2, 0.25) is 39.8 Å². The standard InChI is InChI=1S/C26H23F3N8O3S.C19H18F3N7O2S.C18H16F3N5O2.C13H9ClF3N3O2.C5H8N2.CH5N3S.ClH.H3P/c27-26(28,29)40-19-6-3-4-16(12-19)13-22(38)31-20-7-8-21(34-33-20)37-11-9-17(15-37)24-35-36-25(41-24)32-23(39)14-18-5-1-2-10-30-18;20-19(21,22)31-13-3-1-2-11(8-13)9-16(30)24-14-4-5-15(26-25-14)29-7-6-12(10-29)17-27-28-18(23)32-17;19-18(20,21)28-14-3-1-2-12(8-14)9-17(27)23-15-4-5-16(25-24-15)26-7-6-13(10-22)11-26;14-10-4-5-11(20-19-10)18-12(21)7-8-2-1-3-9(6-8)22-13(15,16)17;6-3-5-1-2-7-4-5;2-1(5)4-3;;/h1-8,10,12,17H,9,11,13-15H2,(H,31,33,38)(H,32,36,39);1-5,8,12H,6-7,9-10H2,(H2,23,28)(H,24,25,30);1-5,8,13H,6-7,9,11H2,(H,23,24,27);1-6H,7H2,(H,18,20,21);5,7H,1-2,4H2;3H2,(H3,2,4,5);1H;1H3/i;;;;;;;1T3. The molecule has 137 heavy (non-hydrogen) atoms. The minimum Gasteiger partial charge on any atom is -0.406 e. The number of carbonyl (C=O) groups excluding carboxylic acids is 5. The zero-order chi connectivity index (χ0) is 101. The second-order valence-electron chi connectivity index (χ2n) is 29.0. The number of alkyl halides is 12. The molecule has 0 bridgehead atoms. The molecular weight excluding hydrogens is 1950 g/mol. The quantitative estimate of drug-likeness (QED) is 0.00883. The van der Waals surface area contributed by atoms with Gasteiger partial charge in [0.25, 0.3) is 0 Å². The number of nitrogen functional groups attached to an aromatic ring is 1. The maximum Gasteiger partial charge on any atom is 0.573 e. The molecule has 55 heteroatoms. The molecule has 0 spiro atoms. The van der Waals surface area contributed by atoms with Crippen molar-refractivity contribution in [3.63, 3.8) is 0 Å². The van der Waals surface area contributed by atoms with Gasteiger partial charge in [0.1, 0.15) is 33.0 Å². The van der Waals surface area contributed by atoms with E-state index in [1.807, 2.05) is 21.3 Å². The van der Waals surface area contributed by atoms with Crippen molar-refractivity contribution in [1.29, 1.82) is 14.4 Å². The molecule has 0 aliphatic carbocycles. The SMILES string of the molecule is Cl.N#CC1CCN(c2ccc(NC(=O)Cc3cccc(OC(F)(F)F)c3)nn2)C1.N#CC1CCNC1.NNC(N)=S.Nc1nnc(C2CCN(c3ccc(NC(=O)Cc4cccc(OC(F)(F)F)c4)nn3)C2)s1.O=C(Cc1cccc(OC(F)(F)F)c1)Nc1ccc(Cl)nn1.O=C(Cc1cccc(OC(F)(F)F)c1)Nc1ccc(N2CCC(c3nnc(NC(=O)Cc4ccccn4)s3)C2)nn1.[3H]P([3H])[3H]. The second-order valence-corrected chi connectivity index (χ2v) is 31.9. The van der Waals surface area contributed by atoms with Crippen LogP contribution in [0.25, 0.3) is 0 Å². The number of carbonyl (C=O) groups is 5. The molecule has 11 aromatic rings. The number of nitrogens with zero attached hydrogens (tertiary/aromatic N) is 18. The molecule has 0 saturated carbocycles. The molecule has 4 aliphatic rings. The first-order valence-corrected chi connectivity index (χ1v) is 42.4. The lowest BCUT2D eigenvalue weighted by molar-refractivity contribution is -0.275. The summed E-state index contributed by atoms with van der Waals surface area (Å²) in [6.07, 6.45) is -14.5. The molecule has 11 heterocycles. The van der Waals surface area contributed by atoms with Crippen LogP contribution in [0.4, 0.5) is 104 Å². The normalized spacial score (nSPS) is 15.5. The van der Waals surface area contributed by atoms with Gasteiger partial charge < -0.3 is 82.4 Å². The molecule has 4 unspecified atom stereocenters. The summed E-state index contributed by atoms with van der Waals surface area (Å²) in [5.74, 6) is 4.46. The van der Waals surface area contributed by atoms with E-state index < -0.39 is 64.6 Å². The van der Waals surface area contributed by atoms with Gasteiger partial charge in [0, 0.05) is 69.5 Å². The Balaban J connectivity index is 0.000000220. The third-order valence-electron chi connectivity index (χ3n) is 18.7. The van der Waals surface area contributed by atoms with E-state index in [0.717, 1.165) is 104 Å². The fourth-order valence-corrected chi connectivity index (χ4v) is 14.6. The highest BCUT2D eigenvalue weighted by Gasteiger charge is 2.36. The third kappa shape index (κ3) is 39.1. The molecule has 4 atom stereocenters. The molecule has 726 valence electrons. The molecule has 7 aromatic heterocycles. The van der Waals surface area contributed by atoms with E-state index in [1.54, 1.807) is 54.7 Å². The Hall–Kier alpha value is -14.0. The van der Waals surface area contributed by atoms with Gasteiger partial charge in [0.15, 0.2) is 51.0 Å². The first kappa shape index (κ1) is 103. The topological polar surface area (TPSA) is 509 Å². The molecule has 5 amide bonds. The highest BCUT2D eigenvalue weighted by atomic mass is 35.5. The molecular formula is C82H83Cl2F12N28O9PS3. The van der Waals surface area contributed by atoms with E-state index in [2.05, 4.69) is 152 Å². The van der Waals surface area contributed by atoms with Crippen LogP contribution in [-0.2, 0) is 56.1 Å². The number of pyridine rings is 1. The van der Waals surface area contributed by atoms with Crippen molar-refractivity contribution >= 4 is 154 Å². The summed E-state index contributed by atoms with van der Waals surface area (Å²) in [6.45, 7) is 6.07. The summed E-state index contributed by atoms with van der Waals surface area (Å²) >= 11 is 12.5. The van der Waals surface area contributed by atoms with Crippen molar-refractivity contribution in [3.05, 3.63) is 213 Å². The molecule has 37 nitrogen and oxygen atoms in total. The number of nitrogens with one attached hydrogen (secondary N) is 7. The number of nitriles is 2. The number of hydrogen-bond acceptors (Lipinski definition) is 33. The van der Waals surface area contributed by atoms with Crippen LogP contribution in [-0.4, -0.2) is 182 Å². The minimum atomic E-state index is -4.81. The Morgan fingerprint density at radius 3 is 1.17 bits per heavy atom. The maximum atomic E-state index is 12.4. The number of thiocarbonyl (C=S) groups is 1. The average molecular weight is 2040 g/mol. The van der Waals surface area contributed by atoms with Crippen molar-refractivity contribution in [2.24, 2.45) is 23.4 Å². The molecule has 4 aromatic carbocycles. The van der Waals surface area contributed by atoms with Gasteiger partial charge in [-0.15, -0.1) is 126 Å². The van der Waals surface area contributed by atoms with E-state index in [0.29, 0.717) is 87.8 Å². The summed E-state index contributed by atoms with van der Waals surface area (Å²) in [5, 5.41) is 84.1. The summed E-state index contributed by atoms with van der Waals surface area (Å²) in [6, 6.07) is 43.6. The number of anilines is 9. The minimum absolute atomic E-state index is 0. The third-order valence-corrected chi connectivity index (χ3v) is 20.9. The first-order chi connectivity index (χ1) is 66.0. The lowest BCUT2D eigenvalue weighted by atomic mass is 10.1. The fraction of sp³-hybridized carbons (Fsp3) is 0.305. The van der Waals surface area contributed by atoms with Crippen molar-refractivity contribution in [2.45, 2.75) is 95.1 Å². The van der Waals surface area contributed by atoms with Gasteiger partial charge in [-0.1, -0.05) is 88.9 Å². The Morgan fingerprint density at radius 2 is 0.854 bits per heavy atom. The summed E-state index contributed by atoms with van der Waals surface area (Å²) in [7, 11) is -1.87. The largest absolute Gasteiger partial charge is 0.573 e. The highest BCUT2D eigenvalue weighted by Crippen LogP contribution is 2.36. The van der Waals surface area contributed by atoms with E-state index in [1.165, 1.54) is 89.4 Å². The average Bonchev–Trinajstić information content (AvgIpc) is 1.65. The van der Waals surface area contributed by atoms with Gasteiger partial charge in [-0.3, -0.25) is 29.0 Å². The Bertz CT molecular complexity index is 5930. The monoisotopic (exact) mass is 2030 g/mol. The number of rotatable bonds is 24. The highest BCUT2D eigenvalue weighted by molar-refractivity contribution is 7.80. The number of aromatic nitrogens is 13. The lowest BCUT2D eigenvalue weighted by Gasteiger charge is -2.16. The maximum absolute atomic E-state index is 12.4. The Morgan fingerprint density at radius 1 is 0.482 bits per heavy atom. The van der Waals surface area contributed by atoms with E-state index >= 15 is 0 Å². The molecule has 0 radical (unpaired) electrons. The Labute approximate surface area is 803 Å². The number of hydrogen-bond donors (Lipinski definition) is 10. The number of amides is 5. The predicted molar refractivity (Wildman–Crippen MR) is 490 cm³/mol. The van der Waals surface area contributed by atoms with Gasteiger partial charge >= 0.3 is 25.4 Å². The van der Waals surface area contributed by atoms with Crippen LogP contribution in [0, 0.1) is 34.5 Å². The van der Waals surface area contributed by atoms with Crippen molar-refractivity contribution in [1.82, 2.24) is 76.9 Å². The van der Waals surface area contributed by atoms with Gasteiger partial charge in [-0.25, -0.2) is 5.84 Å². The zero-order valence-electron chi connectivity index (χ0n) is 73.9. The number of hydrazine groups is 1. The second kappa shape index (κ2) is 52.2. The lowest BCUT2D eigenvalue weighted by Crippen LogP contribution is -2.34. The predicted octanol–water partition coefficient (Wildman–Crippen LogP) is 12.4. The van der Waals surface area contributed by atoms with Crippen molar-refractivity contribution in [2.75, 3.05) is 99.4 Å². The van der Waals surface area contributed by atoms with Crippen molar-refractivity contribution in [3.8, 4) is 35.1 Å². The summed E-state index contributed by atoms with van der Waals surface area (Å²) < 4.78 is 181. The zero-order valence-corrected chi connectivity index (χ0v) is 75.9. The van der Waals surface area contributed by atoms with Crippen LogP contribution in [0.5, 0.6) is 23.0 Å². The van der Waals surface area contributed by atoms with E-state index in [9.17, 15) is 76.7 Å². The van der Waals surface area contributed by atoms with Gasteiger partial charge in [0.05, 0.1) is 59.9 Å². The number of nitrogens with two attached hydrogens (primary N) is 3. The van der Waals surface area contributed by atoms with Crippen LogP contribution in [0.15, 0.2) is 170 Å². The van der Waals surface area contributed by atoms with Crippen molar-refractivity contribution < 1.29 is 95.6 Å². The Kier molecular flexibility index (Phi) is 39.4. The van der Waals surface area contributed by atoms with Crippen LogP contribution in [0.2, 0.25) is 5.15 Å². The first-order valence-electron chi connectivity index (χ1n) is 41.3. The summed E-state index contributed by atoms with van der Waals surface area (Å²) in [4.78, 5) is 71.0.